The third-order valence-electron chi connectivity index (χ3n) is 2.76. The van der Waals surface area contributed by atoms with Crippen LogP contribution in [0, 0.1) is 11.8 Å². The summed E-state index contributed by atoms with van der Waals surface area (Å²) in [6.07, 6.45) is 2.67. The molecule has 2 nitrogen and oxygen atoms in total. The van der Waals surface area contributed by atoms with Gasteiger partial charge in [0.15, 0.2) is 0 Å². The molecule has 2 aromatic rings. The lowest BCUT2D eigenvalue weighted by atomic mass is 10.0. The molecule has 1 aromatic heterocycles. The molecular formula is C15H15NO. The van der Waals surface area contributed by atoms with Crippen LogP contribution in [-0.2, 0) is 0 Å². The SMILES string of the molecule is CC#CCCC(O)c1cccc2ncccc12. The third kappa shape index (κ3) is 2.64. The van der Waals surface area contributed by atoms with Gasteiger partial charge in [0.1, 0.15) is 0 Å². The Morgan fingerprint density at radius 2 is 2.18 bits per heavy atom. The average molecular weight is 225 g/mol. The van der Waals surface area contributed by atoms with Crippen LogP contribution in [0.25, 0.3) is 10.9 Å². The van der Waals surface area contributed by atoms with Crippen molar-refractivity contribution in [3.8, 4) is 11.8 Å². The van der Waals surface area contributed by atoms with Crippen LogP contribution in [0.4, 0.5) is 0 Å². The lowest BCUT2D eigenvalue weighted by Gasteiger charge is -2.11. The molecule has 0 spiro atoms. The van der Waals surface area contributed by atoms with Gasteiger partial charge in [0.2, 0.25) is 0 Å². The average Bonchev–Trinajstić information content (AvgIpc) is 2.38. The molecule has 2 heteroatoms. The number of hydrogen-bond donors (Lipinski definition) is 1. The molecule has 17 heavy (non-hydrogen) atoms. The number of fused-ring (bicyclic) bond motifs is 1. The molecule has 0 fully saturated rings. The molecule has 0 amide bonds. The van der Waals surface area contributed by atoms with Gasteiger partial charge in [-0.2, -0.15) is 0 Å². The Balaban J connectivity index is 2.30. The first kappa shape index (κ1) is 11.6. The molecule has 1 atom stereocenters. The van der Waals surface area contributed by atoms with Crippen LogP contribution >= 0.6 is 0 Å². The molecule has 0 aliphatic rings. The van der Waals surface area contributed by atoms with E-state index in [-0.39, 0.29) is 0 Å². The molecule has 0 aliphatic heterocycles. The number of rotatable bonds is 3. The largest absolute Gasteiger partial charge is 0.388 e. The van der Waals surface area contributed by atoms with Crippen molar-refractivity contribution in [2.45, 2.75) is 25.9 Å². The fourth-order valence-corrected chi connectivity index (χ4v) is 1.91. The van der Waals surface area contributed by atoms with E-state index in [2.05, 4.69) is 16.8 Å². The maximum absolute atomic E-state index is 10.1. The number of aromatic nitrogens is 1. The molecule has 1 N–H and O–H groups in total. The maximum atomic E-state index is 10.1. The molecule has 2 rings (SSSR count). The van der Waals surface area contributed by atoms with Crippen LogP contribution in [0.3, 0.4) is 0 Å². The van der Waals surface area contributed by atoms with Crippen molar-refractivity contribution in [1.82, 2.24) is 4.98 Å². The van der Waals surface area contributed by atoms with E-state index in [9.17, 15) is 5.11 Å². The Hall–Kier alpha value is -1.85. The van der Waals surface area contributed by atoms with Gasteiger partial charge in [-0.1, -0.05) is 18.2 Å². The molecule has 0 saturated carbocycles. The van der Waals surface area contributed by atoms with Gasteiger partial charge < -0.3 is 5.11 Å². The van der Waals surface area contributed by atoms with Gasteiger partial charge in [-0.25, -0.2) is 0 Å². The zero-order chi connectivity index (χ0) is 12.1. The Morgan fingerprint density at radius 3 is 3.00 bits per heavy atom. The van der Waals surface area contributed by atoms with Gasteiger partial charge in [-0.15, -0.1) is 11.8 Å². The summed E-state index contributed by atoms with van der Waals surface area (Å²) in [5, 5.41) is 11.2. The molecule has 1 unspecified atom stereocenters. The topological polar surface area (TPSA) is 33.1 Å². The minimum Gasteiger partial charge on any atom is -0.388 e. The van der Waals surface area contributed by atoms with E-state index in [0.29, 0.717) is 12.8 Å². The molecule has 86 valence electrons. The highest BCUT2D eigenvalue weighted by Gasteiger charge is 2.10. The van der Waals surface area contributed by atoms with E-state index in [1.807, 2.05) is 37.3 Å². The smallest absolute Gasteiger partial charge is 0.0805 e. The van der Waals surface area contributed by atoms with Crippen molar-refractivity contribution in [2.24, 2.45) is 0 Å². The Bertz CT molecular complexity index is 560. The second-order valence-electron chi connectivity index (χ2n) is 3.90. The van der Waals surface area contributed by atoms with Crippen molar-refractivity contribution in [3.05, 3.63) is 42.1 Å². The Labute approximate surface area is 101 Å². The number of hydrogen-bond acceptors (Lipinski definition) is 2. The minimum atomic E-state index is -0.469. The molecule has 1 aromatic carbocycles. The van der Waals surface area contributed by atoms with Crippen molar-refractivity contribution >= 4 is 10.9 Å². The molecule has 0 radical (unpaired) electrons. The summed E-state index contributed by atoms with van der Waals surface area (Å²) >= 11 is 0. The van der Waals surface area contributed by atoms with E-state index in [4.69, 9.17) is 0 Å². The van der Waals surface area contributed by atoms with Crippen LogP contribution in [0.5, 0.6) is 0 Å². The second-order valence-corrected chi connectivity index (χ2v) is 3.90. The summed E-state index contributed by atoms with van der Waals surface area (Å²) in [5.41, 5.74) is 1.86. The summed E-state index contributed by atoms with van der Waals surface area (Å²) in [7, 11) is 0. The molecule has 0 saturated heterocycles. The highest BCUT2D eigenvalue weighted by atomic mass is 16.3. The lowest BCUT2D eigenvalue weighted by Crippen LogP contribution is -1.98. The van der Waals surface area contributed by atoms with E-state index in [1.165, 1.54) is 0 Å². The summed E-state index contributed by atoms with van der Waals surface area (Å²) in [5.74, 6) is 5.81. The number of nitrogens with zero attached hydrogens (tertiary/aromatic N) is 1. The lowest BCUT2D eigenvalue weighted by molar-refractivity contribution is 0.171. The predicted molar refractivity (Wildman–Crippen MR) is 69.4 cm³/mol. The highest BCUT2D eigenvalue weighted by molar-refractivity contribution is 5.82. The third-order valence-corrected chi connectivity index (χ3v) is 2.76. The predicted octanol–water partition coefficient (Wildman–Crippen LogP) is 3.07. The zero-order valence-electron chi connectivity index (χ0n) is 9.85. The van der Waals surface area contributed by atoms with Gasteiger partial charge in [0.05, 0.1) is 11.6 Å². The van der Waals surface area contributed by atoms with E-state index < -0.39 is 6.10 Å². The summed E-state index contributed by atoms with van der Waals surface area (Å²) in [6.45, 7) is 1.81. The van der Waals surface area contributed by atoms with Gasteiger partial charge in [0.25, 0.3) is 0 Å². The van der Waals surface area contributed by atoms with Crippen molar-refractivity contribution in [2.75, 3.05) is 0 Å². The van der Waals surface area contributed by atoms with E-state index in [0.717, 1.165) is 16.5 Å². The first-order valence-corrected chi connectivity index (χ1v) is 5.74. The molecule has 0 aliphatic carbocycles. The highest BCUT2D eigenvalue weighted by Crippen LogP contribution is 2.25. The summed E-state index contributed by atoms with van der Waals surface area (Å²) in [6, 6.07) is 9.72. The number of aliphatic hydroxyl groups is 1. The monoisotopic (exact) mass is 225 g/mol. The molecule has 0 bridgehead atoms. The van der Waals surface area contributed by atoms with Gasteiger partial charge in [0, 0.05) is 18.0 Å². The summed E-state index contributed by atoms with van der Waals surface area (Å²) < 4.78 is 0. The first-order chi connectivity index (χ1) is 8.33. The van der Waals surface area contributed by atoms with Crippen LogP contribution in [0.15, 0.2) is 36.5 Å². The Kier molecular flexibility index (Phi) is 3.74. The van der Waals surface area contributed by atoms with Crippen LogP contribution in [-0.4, -0.2) is 10.1 Å². The molecule has 1 heterocycles. The van der Waals surface area contributed by atoms with Gasteiger partial charge in [-0.05, 0) is 31.0 Å². The number of pyridine rings is 1. The first-order valence-electron chi connectivity index (χ1n) is 5.74. The van der Waals surface area contributed by atoms with Crippen molar-refractivity contribution < 1.29 is 5.11 Å². The summed E-state index contributed by atoms with van der Waals surface area (Å²) in [4.78, 5) is 4.28. The maximum Gasteiger partial charge on any atom is 0.0805 e. The van der Waals surface area contributed by atoms with E-state index in [1.54, 1.807) is 6.20 Å². The van der Waals surface area contributed by atoms with Crippen LogP contribution in [0.1, 0.15) is 31.4 Å². The number of benzene rings is 1. The van der Waals surface area contributed by atoms with Crippen molar-refractivity contribution in [3.63, 3.8) is 0 Å². The fourth-order valence-electron chi connectivity index (χ4n) is 1.91. The van der Waals surface area contributed by atoms with Crippen LogP contribution in [0.2, 0.25) is 0 Å². The van der Waals surface area contributed by atoms with E-state index >= 15 is 0 Å². The zero-order valence-corrected chi connectivity index (χ0v) is 9.85. The number of aliphatic hydroxyl groups excluding tert-OH is 1. The standard InChI is InChI=1S/C15H15NO/c1-2-3-4-10-15(17)13-7-5-9-14-12(13)8-6-11-16-14/h5-9,11,15,17H,4,10H2,1H3. The molecular weight excluding hydrogens is 210 g/mol. The Morgan fingerprint density at radius 1 is 1.29 bits per heavy atom. The normalized spacial score (nSPS) is 11.9. The quantitative estimate of drug-likeness (QED) is 0.814. The minimum absolute atomic E-state index is 0.469. The van der Waals surface area contributed by atoms with Crippen molar-refractivity contribution in [1.29, 1.82) is 0 Å². The van der Waals surface area contributed by atoms with Gasteiger partial charge in [-0.3, -0.25) is 4.98 Å². The fraction of sp³-hybridized carbons (Fsp3) is 0.267. The second kappa shape index (κ2) is 5.47. The van der Waals surface area contributed by atoms with Gasteiger partial charge >= 0.3 is 0 Å². The van der Waals surface area contributed by atoms with Crippen LogP contribution < -0.4 is 0 Å².